The number of carbonyl (C=O) groups is 1. The largest absolute Gasteiger partial charge is 0.353 e. The number of nitrogens with zero attached hydrogens (tertiary/aromatic N) is 7. The quantitative estimate of drug-likeness (QED) is 0.497. The van der Waals surface area contributed by atoms with Crippen molar-refractivity contribution < 1.29 is 4.79 Å². The first-order valence-electron chi connectivity index (χ1n) is 10.1. The fraction of sp³-hybridized carbons (Fsp3) is 0.227. The van der Waals surface area contributed by atoms with E-state index in [9.17, 15) is 9.59 Å². The van der Waals surface area contributed by atoms with Crippen LogP contribution in [-0.4, -0.2) is 61.2 Å². The summed E-state index contributed by atoms with van der Waals surface area (Å²) >= 11 is 0. The van der Waals surface area contributed by atoms with Crippen LogP contribution in [0.5, 0.6) is 0 Å². The van der Waals surface area contributed by atoms with E-state index < -0.39 is 5.69 Å². The molecule has 9 nitrogen and oxygen atoms in total. The zero-order valence-electron chi connectivity index (χ0n) is 17.0. The van der Waals surface area contributed by atoms with E-state index in [2.05, 4.69) is 19.9 Å². The number of piperazine rings is 1. The Morgan fingerprint density at radius 1 is 0.935 bits per heavy atom. The topological polar surface area (TPSA) is 89.2 Å². The van der Waals surface area contributed by atoms with Crippen molar-refractivity contribution >= 4 is 23.0 Å². The zero-order chi connectivity index (χ0) is 21.4. The van der Waals surface area contributed by atoms with Crippen LogP contribution in [-0.2, 0) is 7.05 Å². The summed E-state index contributed by atoms with van der Waals surface area (Å²) in [7, 11) is 1.62. The summed E-state index contributed by atoms with van der Waals surface area (Å²) in [4.78, 5) is 43.3. The zero-order valence-corrected chi connectivity index (χ0v) is 17.0. The van der Waals surface area contributed by atoms with Crippen LogP contribution in [0.2, 0.25) is 0 Å². The van der Waals surface area contributed by atoms with Crippen LogP contribution in [0.15, 0.2) is 65.7 Å². The second kappa shape index (κ2) is 7.67. The normalized spacial score (nSPS) is 14.2. The van der Waals surface area contributed by atoms with E-state index >= 15 is 0 Å². The first-order valence-corrected chi connectivity index (χ1v) is 10.1. The minimum Gasteiger partial charge on any atom is -0.353 e. The van der Waals surface area contributed by atoms with E-state index in [1.807, 2.05) is 48.5 Å². The minimum absolute atomic E-state index is 0.354. The number of aryl methyl sites for hydroxylation is 1. The smallest absolute Gasteiger partial charge is 0.338 e. The molecule has 3 aromatic heterocycles. The summed E-state index contributed by atoms with van der Waals surface area (Å²) in [6.45, 7) is 2.30. The van der Waals surface area contributed by atoms with Gasteiger partial charge in [0.25, 0.3) is 0 Å². The number of imidazole rings is 1. The van der Waals surface area contributed by atoms with Crippen molar-refractivity contribution in [2.75, 3.05) is 31.1 Å². The summed E-state index contributed by atoms with van der Waals surface area (Å²) in [6.07, 6.45) is 3.31. The summed E-state index contributed by atoms with van der Waals surface area (Å²) in [5.41, 5.74) is 1.26. The molecular weight excluding hydrogens is 394 g/mol. The number of fused-ring (bicyclic) bond motifs is 1. The van der Waals surface area contributed by atoms with Gasteiger partial charge in [0.15, 0.2) is 11.5 Å². The SMILES string of the molecule is Cn1c(=O)n(C(=O)N2CCN(c3ccccn3)CC2)c2cnc(-c3ccccc3)nc21. The molecule has 0 N–H and O–H groups in total. The van der Waals surface area contributed by atoms with Gasteiger partial charge in [0.05, 0.1) is 6.20 Å². The third kappa shape index (κ3) is 3.33. The van der Waals surface area contributed by atoms with E-state index in [4.69, 9.17) is 0 Å². The van der Waals surface area contributed by atoms with Gasteiger partial charge in [0, 0.05) is 45.0 Å². The minimum atomic E-state index is -0.424. The third-order valence-electron chi connectivity index (χ3n) is 5.53. The maximum atomic E-state index is 13.2. The fourth-order valence-corrected chi connectivity index (χ4v) is 3.83. The molecule has 156 valence electrons. The molecule has 1 fully saturated rings. The Balaban J connectivity index is 1.43. The number of benzene rings is 1. The molecule has 0 spiro atoms. The van der Waals surface area contributed by atoms with E-state index in [-0.39, 0.29) is 6.03 Å². The highest BCUT2D eigenvalue weighted by atomic mass is 16.2. The molecule has 0 unspecified atom stereocenters. The standard InChI is InChI=1S/C22H21N7O2/c1-26-20-17(15-24-19(25-20)16-7-3-2-4-8-16)29(21(26)30)22(31)28-13-11-27(12-14-28)18-9-5-6-10-23-18/h2-10,15H,11-14H2,1H3. The molecule has 1 aliphatic rings. The van der Waals surface area contributed by atoms with E-state index in [0.717, 1.165) is 11.4 Å². The Bertz CT molecular complexity index is 1290. The van der Waals surface area contributed by atoms with Crippen molar-refractivity contribution in [1.82, 2.24) is 29.0 Å². The van der Waals surface area contributed by atoms with Crippen LogP contribution in [0.4, 0.5) is 10.6 Å². The summed E-state index contributed by atoms with van der Waals surface area (Å²) in [5.74, 6) is 1.40. The van der Waals surface area contributed by atoms with Gasteiger partial charge in [-0.25, -0.2) is 29.1 Å². The second-order valence-electron chi connectivity index (χ2n) is 7.39. The molecule has 1 aromatic carbocycles. The first kappa shape index (κ1) is 19.0. The van der Waals surface area contributed by atoms with E-state index in [1.165, 1.54) is 9.13 Å². The van der Waals surface area contributed by atoms with Crippen molar-refractivity contribution in [3.8, 4) is 11.4 Å². The molecule has 1 aliphatic heterocycles. The highest BCUT2D eigenvalue weighted by Gasteiger charge is 2.27. The van der Waals surface area contributed by atoms with Gasteiger partial charge >= 0.3 is 11.7 Å². The number of rotatable bonds is 2. The van der Waals surface area contributed by atoms with Gasteiger partial charge < -0.3 is 9.80 Å². The van der Waals surface area contributed by atoms with Gasteiger partial charge in [-0.2, -0.15) is 0 Å². The highest BCUT2D eigenvalue weighted by Crippen LogP contribution is 2.19. The van der Waals surface area contributed by atoms with Gasteiger partial charge in [-0.05, 0) is 12.1 Å². The Morgan fingerprint density at radius 3 is 2.39 bits per heavy atom. The van der Waals surface area contributed by atoms with Gasteiger partial charge in [-0.3, -0.25) is 4.57 Å². The molecule has 31 heavy (non-hydrogen) atoms. The fourth-order valence-electron chi connectivity index (χ4n) is 3.83. The Kier molecular flexibility index (Phi) is 4.70. The molecular formula is C22H21N7O2. The van der Waals surface area contributed by atoms with Gasteiger partial charge in [0.1, 0.15) is 11.3 Å². The van der Waals surface area contributed by atoms with Crippen molar-refractivity contribution in [1.29, 1.82) is 0 Å². The third-order valence-corrected chi connectivity index (χ3v) is 5.53. The lowest BCUT2D eigenvalue weighted by Crippen LogP contribution is -2.51. The van der Waals surface area contributed by atoms with Crippen LogP contribution in [0.3, 0.4) is 0 Å². The average Bonchev–Trinajstić information content (AvgIpc) is 3.09. The number of aromatic nitrogens is 5. The molecule has 0 radical (unpaired) electrons. The average molecular weight is 415 g/mol. The van der Waals surface area contributed by atoms with Crippen molar-refractivity contribution in [2.45, 2.75) is 0 Å². The number of amides is 1. The lowest BCUT2D eigenvalue weighted by Gasteiger charge is -2.35. The maximum Gasteiger partial charge on any atom is 0.338 e. The number of carbonyl (C=O) groups excluding carboxylic acids is 1. The maximum absolute atomic E-state index is 13.2. The molecule has 0 bridgehead atoms. The van der Waals surface area contributed by atoms with Gasteiger partial charge in [-0.15, -0.1) is 0 Å². The molecule has 4 heterocycles. The van der Waals surface area contributed by atoms with Crippen molar-refractivity contribution in [3.63, 3.8) is 0 Å². The van der Waals surface area contributed by atoms with Crippen LogP contribution in [0.1, 0.15) is 0 Å². The first-order chi connectivity index (χ1) is 15.1. The molecule has 0 aliphatic carbocycles. The van der Waals surface area contributed by atoms with E-state index in [1.54, 1.807) is 24.3 Å². The van der Waals surface area contributed by atoms with Crippen molar-refractivity contribution in [3.05, 3.63) is 71.4 Å². The number of hydrogen-bond acceptors (Lipinski definition) is 6. The van der Waals surface area contributed by atoms with Crippen LogP contribution in [0.25, 0.3) is 22.6 Å². The van der Waals surface area contributed by atoms with Crippen molar-refractivity contribution in [2.24, 2.45) is 7.05 Å². The summed E-state index contributed by atoms with van der Waals surface area (Å²) < 4.78 is 2.56. The predicted molar refractivity (Wildman–Crippen MR) is 117 cm³/mol. The molecule has 0 saturated carbocycles. The Morgan fingerprint density at radius 2 is 1.68 bits per heavy atom. The van der Waals surface area contributed by atoms with E-state index in [0.29, 0.717) is 43.2 Å². The monoisotopic (exact) mass is 415 g/mol. The van der Waals surface area contributed by atoms with Crippen LogP contribution in [0, 0.1) is 0 Å². The Hall–Kier alpha value is -4.01. The van der Waals surface area contributed by atoms with Gasteiger partial charge in [-0.1, -0.05) is 36.4 Å². The summed E-state index contributed by atoms with van der Waals surface area (Å²) in [5, 5.41) is 0. The molecule has 0 atom stereocenters. The number of anilines is 1. The summed E-state index contributed by atoms with van der Waals surface area (Å²) in [6, 6.07) is 15.0. The van der Waals surface area contributed by atoms with Gasteiger partial charge in [0.2, 0.25) is 0 Å². The molecule has 1 saturated heterocycles. The van der Waals surface area contributed by atoms with Crippen LogP contribution < -0.4 is 10.6 Å². The lowest BCUT2D eigenvalue weighted by molar-refractivity contribution is 0.196. The predicted octanol–water partition coefficient (Wildman–Crippen LogP) is 1.98. The molecule has 1 amide bonds. The lowest BCUT2D eigenvalue weighted by atomic mass is 10.2. The molecule has 5 rings (SSSR count). The highest BCUT2D eigenvalue weighted by molar-refractivity contribution is 5.88. The number of hydrogen-bond donors (Lipinski definition) is 0. The Labute approximate surface area is 178 Å². The molecule has 4 aromatic rings. The van der Waals surface area contributed by atoms with Crippen LogP contribution >= 0.6 is 0 Å². The second-order valence-corrected chi connectivity index (χ2v) is 7.39. The number of pyridine rings is 1. The molecule has 9 heteroatoms.